The second-order valence-corrected chi connectivity index (χ2v) is 8.23. The number of nitrogens with one attached hydrogen (secondary N) is 2. The van der Waals surface area contributed by atoms with Gasteiger partial charge in [-0.15, -0.1) is 0 Å². The third-order valence-electron chi connectivity index (χ3n) is 4.25. The molecule has 1 aromatic heterocycles. The number of carbonyl (C=O) groups excluding carboxylic acids is 1. The number of aromatic amines is 1. The number of nitrogens with zero attached hydrogens (tertiary/aromatic N) is 1. The van der Waals surface area contributed by atoms with Crippen LogP contribution in [-0.4, -0.2) is 42.1 Å². The second-order valence-electron chi connectivity index (χ2n) is 5.91. The first-order valence-corrected chi connectivity index (χ1v) is 9.33. The van der Waals surface area contributed by atoms with Crippen molar-refractivity contribution in [1.82, 2.24) is 15.5 Å². The molecule has 0 unspecified atom stereocenters. The van der Waals surface area contributed by atoms with Gasteiger partial charge in [0.1, 0.15) is 9.84 Å². The minimum absolute atomic E-state index is 0.114. The smallest absolute Gasteiger partial charge is 0.272 e. The second kappa shape index (κ2) is 5.72. The van der Waals surface area contributed by atoms with E-state index in [1.165, 1.54) is 6.26 Å². The van der Waals surface area contributed by atoms with Crippen LogP contribution in [-0.2, 0) is 9.84 Å². The molecule has 1 amide bonds. The predicted molar refractivity (Wildman–Crippen MR) is 84.4 cm³/mol. The number of aromatic nitrogens is 2. The van der Waals surface area contributed by atoms with E-state index in [-0.39, 0.29) is 17.2 Å². The third-order valence-corrected chi connectivity index (χ3v) is 5.89. The van der Waals surface area contributed by atoms with Crippen LogP contribution in [0.2, 0.25) is 0 Å². The summed E-state index contributed by atoms with van der Waals surface area (Å²) in [5.74, 6) is -0.253. The number of rotatable bonds is 3. The number of hydrogen-bond donors (Lipinski definition) is 2. The first-order chi connectivity index (χ1) is 10.4. The Hall–Kier alpha value is -1.89. The van der Waals surface area contributed by atoms with Gasteiger partial charge in [-0.25, -0.2) is 8.42 Å². The monoisotopic (exact) mass is 321 g/mol. The molecule has 6 nitrogen and oxygen atoms in total. The van der Waals surface area contributed by atoms with E-state index >= 15 is 0 Å². The molecular weight excluding hydrogens is 302 g/mol. The van der Waals surface area contributed by atoms with E-state index in [9.17, 15) is 13.2 Å². The van der Waals surface area contributed by atoms with Gasteiger partial charge < -0.3 is 5.32 Å². The first kappa shape index (κ1) is 15.0. The van der Waals surface area contributed by atoms with Gasteiger partial charge in [-0.05, 0) is 25.3 Å². The Kier molecular flexibility index (Phi) is 3.90. The molecule has 2 atom stereocenters. The first-order valence-electron chi connectivity index (χ1n) is 7.38. The molecule has 0 saturated heterocycles. The Bertz CT molecular complexity index is 797. The zero-order valence-electron chi connectivity index (χ0n) is 12.4. The van der Waals surface area contributed by atoms with Crippen LogP contribution in [0.5, 0.6) is 0 Å². The SMILES string of the molecule is CS(=O)(=O)[C@H]1CCC[C@H](NC(=O)c2n[nH]c3ccccc23)C1. The highest BCUT2D eigenvalue weighted by molar-refractivity contribution is 7.91. The average molecular weight is 321 g/mol. The molecule has 1 aromatic carbocycles. The van der Waals surface area contributed by atoms with Gasteiger partial charge in [-0.2, -0.15) is 5.10 Å². The van der Waals surface area contributed by atoms with Crippen molar-refractivity contribution in [2.45, 2.75) is 37.0 Å². The maximum Gasteiger partial charge on any atom is 0.272 e. The lowest BCUT2D eigenvalue weighted by Crippen LogP contribution is -2.41. The van der Waals surface area contributed by atoms with E-state index < -0.39 is 9.84 Å². The van der Waals surface area contributed by atoms with Gasteiger partial charge in [0.05, 0.1) is 10.8 Å². The van der Waals surface area contributed by atoms with Crippen LogP contribution in [0.25, 0.3) is 10.9 Å². The Labute approximate surface area is 129 Å². The van der Waals surface area contributed by atoms with E-state index in [0.717, 1.165) is 23.7 Å². The molecule has 7 heteroatoms. The van der Waals surface area contributed by atoms with E-state index in [1.807, 2.05) is 24.3 Å². The Balaban J connectivity index is 1.74. The standard InChI is InChI=1S/C15H19N3O3S/c1-22(20,21)11-6-4-5-10(9-11)16-15(19)14-12-7-2-3-8-13(12)17-18-14/h2-3,7-8,10-11H,4-6,9H2,1H3,(H,16,19)(H,17,18)/t10-,11-/m0/s1. The Morgan fingerprint density at radius 1 is 1.32 bits per heavy atom. The zero-order valence-corrected chi connectivity index (χ0v) is 13.2. The fraction of sp³-hybridized carbons (Fsp3) is 0.467. The number of amides is 1. The van der Waals surface area contributed by atoms with Crippen molar-refractivity contribution in [2.75, 3.05) is 6.26 Å². The lowest BCUT2D eigenvalue weighted by Gasteiger charge is -2.28. The van der Waals surface area contributed by atoms with Gasteiger partial charge in [-0.3, -0.25) is 9.89 Å². The fourth-order valence-corrected chi connectivity index (χ4v) is 4.23. The van der Waals surface area contributed by atoms with Crippen molar-refractivity contribution >= 4 is 26.6 Å². The van der Waals surface area contributed by atoms with Crippen molar-refractivity contribution in [1.29, 1.82) is 0 Å². The van der Waals surface area contributed by atoms with E-state index in [4.69, 9.17) is 0 Å². The van der Waals surface area contributed by atoms with Crippen molar-refractivity contribution in [3.05, 3.63) is 30.0 Å². The zero-order chi connectivity index (χ0) is 15.7. The highest BCUT2D eigenvalue weighted by Crippen LogP contribution is 2.24. The summed E-state index contributed by atoms with van der Waals surface area (Å²) in [6, 6.07) is 7.32. The molecule has 22 heavy (non-hydrogen) atoms. The molecule has 2 aromatic rings. The third kappa shape index (κ3) is 2.99. The van der Waals surface area contributed by atoms with Crippen LogP contribution in [0.4, 0.5) is 0 Å². The lowest BCUT2D eigenvalue weighted by molar-refractivity contribution is 0.0924. The normalized spacial score (nSPS) is 22.6. The number of fused-ring (bicyclic) bond motifs is 1. The fourth-order valence-electron chi connectivity index (χ4n) is 3.06. The summed E-state index contributed by atoms with van der Waals surface area (Å²) in [6.45, 7) is 0. The molecule has 1 saturated carbocycles. The molecule has 0 spiro atoms. The van der Waals surface area contributed by atoms with Gasteiger partial charge in [0.2, 0.25) is 0 Å². The number of hydrogen-bond acceptors (Lipinski definition) is 4. The van der Waals surface area contributed by atoms with Crippen LogP contribution < -0.4 is 5.32 Å². The molecule has 1 aliphatic carbocycles. The molecule has 0 radical (unpaired) electrons. The Morgan fingerprint density at radius 2 is 2.09 bits per heavy atom. The summed E-state index contributed by atoms with van der Waals surface area (Å²) in [4.78, 5) is 12.4. The summed E-state index contributed by atoms with van der Waals surface area (Å²) in [7, 11) is -3.06. The van der Waals surface area contributed by atoms with Gasteiger partial charge in [0.15, 0.2) is 5.69 Å². The highest BCUT2D eigenvalue weighted by Gasteiger charge is 2.30. The molecule has 0 aliphatic heterocycles. The van der Waals surface area contributed by atoms with Crippen LogP contribution in [0, 0.1) is 0 Å². The van der Waals surface area contributed by atoms with Crippen LogP contribution in [0.3, 0.4) is 0 Å². The van der Waals surface area contributed by atoms with E-state index in [0.29, 0.717) is 18.5 Å². The summed E-state index contributed by atoms with van der Waals surface area (Å²) >= 11 is 0. The number of benzene rings is 1. The molecule has 2 N–H and O–H groups in total. The average Bonchev–Trinajstić information content (AvgIpc) is 2.90. The molecular formula is C15H19N3O3S. The van der Waals surface area contributed by atoms with Gasteiger partial charge in [-0.1, -0.05) is 24.6 Å². The van der Waals surface area contributed by atoms with Crippen molar-refractivity contribution in [3.63, 3.8) is 0 Å². The highest BCUT2D eigenvalue weighted by atomic mass is 32.2. The summed E-state index contributed by atoms with van der Waals surface area (Å²) in [5, 5.41) is 10.3. The van der Waals surface area contributed by atoms with Crippen molar-refractivity contribution < 1.29 is 13.2 Å². The van der Waals surface area contributed by atoms with Crippen LogP contribution in [0.1, 0.15) is 36.2 Å². The lowest BCUT2D eigenvalue weighted by atomic mass is 9.95. The van der Waals surface area contributed by atoms with Gasteiger partial charge in [0, 0.05) is 17.7 Å². The topological polar surface area (TPSA) is 91.9 Å². The molecule has 0 bridgehead atoms. The van der Waals surface area contributed by atoms with E-state index in [1.54, 1.807) is 0 Å². The number of sulfone groups is 1. The molecule has 1 fully saturated rings. The van der Waals surface area contributed by atoms with E-state index in [2.05, 4.69) is 15.5 Å². The van der Waals surface area contributed by atoms with Crippen molar-refractivity contribution in [3.8, 4) is 0 Å². The maximum atomic E-state index is 12.4. The maximum absolute atomic E-state index is 12.4. The molecule has 3 rings (SSSR count). The Morgan fingerprint density at radius 3 is 2.86 bits per heavy atom. The van der Waals surface area contributed by atoms with Gasteiger partial charge >= 0.3 is 0 Å². The quantitative estimate of drug-likeness (QED) is 0.899. The minimum atomic E-state index is -3.06. The summed E-state index contributed by atoms with van der Waals surface area (Å²) < 4.78 is 23.4. The summed E-state index contributed by atoms with van der Waals surface area (Å²) in [5.41, 5.74) is 1.17. The number of H-pyrrole nitrogens is 1. The molecule has 118 valence electrons. The number of para-hydroxylation sites is 1. The molecule has 1 heterocycles. The van der Waals surface area contributed by atoms with Crippen LogP contribution in [0.15, 0.2) is 24.3 Å². The van der Waals surface area contributed by atoms with Crippen LogP contribution >= 0.6 is 0 Å². The summed E-state index contributed by atoms with van der Waals surface area (Å²) in [6.07, 6.45) is 4.04. The van der Waals surface area contributed by atoms with Gasteiger partial charge in [0.25, 0.3) is 5.91 Å². The predicted octanol–water partition coefficient (Wildman–Crippen LogP) is 1.65. The minimum Gasteiger partial charge on any atom is -0.348 e. The molecule has 1 aliphatic rings. The number of carbonyl (C=O) groups is 1. The largest absolute Gasteiger partial charge is 0.348 e. The van der Waals surface area contributed by atoms with Crippen molar-refractivity contribution in [2.24, 2.45) is 0 Å².